The fourth-order valence-corrected chi connectivity index (χ4v) is 0.795. The van der Waals surface area contributed by atoms with Gasteiger partial charge < -0.3 is 9.53 Å². The normalized spacial score (nSPS) is 12.2. The summed E-state index contributed by atoms with van der Waals surface area (Å²) in [7, 11) is 0. The van der Waals surface area contributed by atoms with E-state index >= 15 is 0 Å². The molecule has 1 atom stereocenters. The molecule has 0 aliphatic carbocycles. The molecule has 3 heteroatoms. The highest BCUT2D eigenvalue weighted by atomic mass is 16.5. The molecule has 0 bridgehead atoms. The Balaban J connectivity index is 3.40. The largest absolute Gasteiger partial charge is 0.466 e. The Morgan fingerprint density at radius 2 is 2.17 bits per heavy atom. The van der Waals surface area contributed by atoms with Gasteiger partial charge >= 0.3 is 5.97 Å². The number of carbonyl (C=O) groups is 2. The minimum Gasteiger partial charge on any atom is -0.466 e. The predicted molar refractivity (Wildman–Crippen MR) is 45.7 cm³/mol. The number of hydrogen-bond acceptors (Lipinski definition) is 3. The lowest BCUT2D eigenvalue weighted by molar-refractivity contribution is -0.143. The third kappa shape index (κ3) is 4.88. The van der Waals surface area contributed by atoms with Crippen LogP contribution in [0.1, 0.15) is 33.1 Å². The van der Waals surface area contributed by atoms with Crippen molar-refractivity contribution in [3.8, 4) is 0 Å². The molecule has 0 aromatic heterocycles. The summed E-state index contributed by atoms with van der Waals surface area (Å²) < 4.78 is 4.83. The van der Waals surface area contributed by atoms with Crippen LogP contribution in [-0.2, 0) is 14.3 Å². The van der Waals surface area contributed by atoms with Gasteiger partial charge in [0.1, 0.15) is 6.29 Å². The summed E-state index contributed by atoms with van der Waals surface area (Å²) in [5, 5.41) is 0. The Morgan fingerprint density at radius 1 is 1.50 bits per heavy atom. The fourth-order valence-electron chi connectivity index (χ4n) is 0.795. The zero-order valence-corrected chi connectivity index (χ0v) is 7.71. The molecule has 0 spiro atoms. The van der Waals surface area contributed by atoms with E-state index in [1.54, 1.807) is 6.92 Å². The molecule has 1 unspecified atom stereocenters. The van der Waals surface area contributed by atoms with Crippen molar-refractivity contribution in [2.75, 3.05) is 6.61 Å². The maximum absolute atomic E-state index is 10.7. The van der Waals surface area contributed by atoms with Crippen LogP contribution in [0.3, 0.4) is 0 Å². The van der Waals surface area contributed by atoms with Crippen LogP contribution in [0, 0.1) is 5.92 Å². The van der Waals surface area contributed by atoms with Gasteiger partial charge in [-0.1, -0.05) is 13.8 Å². The highest BCUT2D eigenvalue weighted by molar-refractivity contribution is 5.68. The van der Waals surface area contributed by atoms with E-state index in [-0.39, 0.29) is 11.9 Å². The highest BCUT2D eigenvalue weighted by Gasteiger charge is 2.05. The van der Waals surface area contributed by atoms with E-state index in [2.05, 4.69) is 0 Å². The quantitative estimate of drug-likeness (QED) is 0.451. The van der Waals surface area contributed by atoms with Crippen molar-refractivity contribution >= 4 is 12.3 Å². The van der Waals surface area contributed by atoms with Gasteiger partial charge in [0.2, 0.25) is 0 Å². The van der Waals surface area contributed by atoms with Crippen molar-refractivity contribution in [3.63, 3.8) is 0 Å². The number of ether oxygens (including phenoxy) is 1. The Bertz CT molecular complexity index is 143. The highest BCUT2D eigenvalue weighted by Crippen LogP contribution is 2.04. The van der Waals surface area contributed by atoms with Gasteiger partial charge in [-0.3, -0.25) is 4.79 Å². The molecule has 0 aromatic carbocycles. The van der Waals surface area contributed by atoms with Crippen LogP contribution in [-0.4, -0.2) is 18.9 Å². The summed E-state index contributed by atoms with van der Waals surface area (Å²) >= 11 is 0. The van der Waals surface area contributed by atoms with Crippen LogP contribution >= 0.6 is 0 Å². The molecule has 0 radical (unpaired) electrons. The molecule has 0 amide bonds. The molecule has 0 saturated heterocycles. The van der Waals surface area contributed by atoms with E-state index in [4.69, 9.17) is 4.74 Å². The molecule has 0 saturated carbocycles. The van der Waals surface area contributed by atoms with Gasteiger partial charge in [0.05, 0.1) is 6.61 Å². The second-order valence-corrected chi connectivity index (χ2v) is 2.67. The van der Waals surface area contributed by atoms with Gasteiger partial charge in [-0.25, -0.2) is 0 Å². The van der Waals surface area contributed by atoms with Crippen LogP contribution in [0.25, 0.3) is 0 Å². The number of carbonyl (C=O) groups excluding carboxylic acids is 2. The average molecular weight is 172 g/mol. The minimum absolute atomic E-state index is 0.0367. The average Bonchev–Trinajstić information content (AvgIpc) is 2.12. The van der Waals surface area contributed by atoms with E-state index in [1.165, 1.54) is 0 Å². The number of rotatable bonds is 6. The van der Waals surface area contributed by atoms with Crippen molar-refractivity contribution in [1.29, 1.82) is 0 Å². The van der Waals surface area contributed by atoms with E-state index in [9.17, 15) is 9.59 Å². The van der Waals surface area contributed by atoms with Crippen molar-refractivity contribution < 1.29 is 14.3 Å². The summed E-state index contributed by atoms with van der Waals surface area (Å²) in [6, 6.07) is 0. The first kappa shape index (κ1) is 11.1. The zero-order chi connectivity index (χ0) is 9.40. The van der Waals surface area contributed by atoms with Gasteiger partial charge in [-0.15, -0.1) is 0 Å². The maximum Gasteiger partial charge on any atom is 0.305 e. The summed E-state index contributed by atoms with van der Waals surface area (Å²) in [4.78, 5) is 21.0. The van der Waals surface area contributed by atoms with Gasteiger partial charge in [0.25, 0.3) is 0 Å². The molecular formula is C9H16O3. The topological polar surface area (TPSA) is 43.4 Å². The van der Waals surface area contributed by atoms with Crippen molar-refractivity contribution in [3.05, 3.63) is 0 Å². The van der Waals surface area contributed by atoms with Crippen molar-refractivity contribution in [2.24, 2.45) is 5.92 Å². The molecule has 0 aliphatic rings. The first-order chi connectivity index (χ1) is 5.74. The Labute approximate surface area is 73.1 Å². The second-order valence-electron chi connectivity index (χ2n) is 2.67. The molecule has 12 heavy (non-hydrogen) atoms. The lowest BCUT2D eigenvalue weighted by Crippen LogP contribution is -2.09. The lowest BCUT2D eigenvalue weighted by atomic mass is 10.1. The third-order valence-electron chi connectivity index (χ3n) is 1.76. The van der Waals surface area contributed by atoms with E-state index in [1.807, 2.05) is 6.92 Å². The van der Waals surface area contributed by atoms with Gasteiger partial charge in [0.15, 0.2) is 0 Å². The minimum atomic E-state index is -0.198. The van der Waals surface area contributed by atoms with E-state index in [0.717, 1.165) is 12.7 Å². The van der Waals surface area contributed by atoms with Crippen LogP contribution < -0.4 is 0 Å². The third-order valence-corrected chi connectivity index (χ3v) is 1.76. The maximum atomic E-state index is 10.7. The Kier molecular flexibility index (Phi) is 6.34. The van der Waals surface area contributed by atoms with E-state index < -0.39 is 0 Å². The molecule has 0 aromatic rings. The molecule has 0 aliphatic heterocycles. The van der Waals surface area contributed by atoms with Gasteiger partial charge in [-0.2, -0.15) is 0 Å². The molecule has 0 N–H and O–H groups in total. The molecule has 70 valence electrons. The summed E-state index contributed by atoms with van der Waals surface area (Å²) in [5.74, 6) is -0.162. The zero-order valence-electron chi connectivity index (χ0n) is 7.71. The molecular weight excluding hydrogens is 156 g/mol. The number of aldehydes is 1. The van der Waals surface area contributed by atoms with Gasteiger partial charge in [0, 0.05) is 12.3 Å². The van der Waals surface area contributed by atoms with Crippen LogP contribution in [0.15, 0.2) is 0 Å². The number of hydrogen-bond donors (Lipinski definition) is 0. The van der Waals surface area contributed by atoms with Gasteiger partial charge in [-0.05, 0) is 12.8 Å². The Hall–Kier alpha value is -0.860. The monoisotopic (exact) mass is 172 g/mol. The predicted octanol–water partition coefficient (Wildman–Crippen LogP) is 1.55. The van der Waals surface area contributed by atoms with Crippen LogP contribution in [0.5, 0.6) is 0 Å². The van der Waals surface area contributed by atoms with E-state index in [0.29, 0.717) is 19.4 Å². The summed E-state index contributed by atoms with van der Waals surface area (Å²) in [6.45, 7) is 4.06. The lowest BCUT2D eigenvalue weighted by Gasteiger charge is -2.06. The molecule has 0 fully saturated rings. The Morgan fingerprint density at radius 3 is 2.58 bits per heavy atom. The number of esters is 1. The molecule has 0 rings (SSSR count). The molecule has 0 heterocycles. The molecule has 3 nitrogen and oxygen atoms in total. The SMILES string of the molecule is CCC(=O)OCCC(C=O)CC. The van der Waals surface area contributed by atoms with Crippen molar-refractivity contribution in [1.82, 2.24) is 0 Å². The first-order valence-corrected chi connectivity index (χ1v) is 4.35. The summed E-state index contributed by atoms with van der Waals surface area (Å²) in [5.41, 5.74) is 0. The fraction of sp³-hybridized carbons (Fsp3) is 0.778. The second kappa shape index (κ2) is 6.83. The van der Waals surface area contributed by atoms with Crippen molar-refractivity contribution in [2.45, 2.75) is 33.1 Å². The van der Waals surface area contributed by atoms with Crippen LogP contribution in [0.2, 0.25) is 0 Å². The smallest absolute Gasteiger partial charge is 0.305 e. The first-order valence-electron chi connectivity index (χ1n) is 4.35. The van der Waals surface area contributed by atoms with Crippen LogP contribution in [0.4, 0.5) is 0 Å². The standard InChI is InChI=1S/C9H16O3/c1-3-8(7-10)5-6-12-9(11)4-2/h7-8H,3-6H2,1-2H3. The summed E-state index contributed by atoms with van der Waals surface area (Å²) in [6.07, 6.45) is 2.77.